The van der Waals surface area contributed by atoms with Gasteiger partial charge in [0, 0.05) is 47.8 Å². The van der Waals surface area contributed by atoms with E-state index in [9.17, 15) is 9.59 Å². The molecular formula is C27H28N2O3. The lowest BCUT2D eigenvalue weighted by molar-refractivity contribution is -0.139. The highest BCUT2D eigenvalue weighted by molar-refractivity contribution is 6.04. The van der Waals surface area contributed by atoms with E-state index in [1.54, 1.807) is 0 Å². The fourth-order valence-corrected chi connectivity index (χ4v) is 4.39. The van der Waals surface area contributed by atoms with Crippen LogP contribution in [0.1, 0.15) is 53.4 Å². The number of hydrogen-bond acceptors (Lipinski definition) is 3. The molecular weight excluding hydrogens is 400 g/mol. The van der Waals surface area contributed by atoms with Gasteiger partial charge in [-0.2, -0.15) is 0 Å². The molecule has 0 spiro atoms. The molecule has 2 aromatic carbocycles. The molecule has 1 aliphatic heterocycles. The van der Waals surface area contributed by atoms with Gasteiger partial charge in [0.25, 0.3) is 5.91 Å². The summed E-state index contributed by atoms with van der Waals surface area (Å²) < 4.78 is 6.11. The number of anilines is 1. The highest BCUT2D eigenvalue weighted by Gasteiger charge is 2.32. The van der Waals surface area contributed by atoms with E-state index in [-0.39, 0.29) is 11.8 Å². The van der Waals surface area contributed by atoms with E-state index in [1.165, 1.54) is 12.0 Å². The number of amides is 2. The van der Waals surface area contributed by atoms with Crippen molar-refractivity contribution in [1.29, 1.82) is 0 Å². The topological polar surface area (TPSA) is 62.6 Å². The summed E-state index contributed by atoms with van der Waals surface area (Å²) in [5.41, 5.74) is 4.66. The van der Waals surface area contributed by atoms with Crippen LogP contribution in [0.3, 0.4) is 0 Å². The zero-order valence-electron chi connectivity index (χ0n) is 18.4. The van der Waals surface area contributed by atoms with E-state index in [1.807, 2.05) is 53.4 Å². The molecule has 5 rings (SSSR count). The molecule has 0 unspecified atom stereocenters. The molecule has 0 bridgehead atoms. The molecule has 0 saturated heterocycles. The van der Waals surface area contributed by atoms with Crippen LogP contribution in [0.2, 0.25) is 0 Å². The number of rotatable bonds is 5. The number of fused-ring (bicyclic) bond motifs is 1. The van der Waals surface area contributed by atoms with Crippen LogP contribution in [-0.2, 0) is 24.2 Å². The van der Waals surface area contributed by atoms with E-state index >= 15 is 0 Å². The lowest BCUT2D eigenvalue weighted by Gasteiger charge is -2.33. The number of benzene rings is 2. The summed E-state index contributed by atoms with van der Waals surface area (Å²) in [4.78, 5) is 27.1. The first-order chi connectivity index (χ1) is 15.6. The van der Waals surface area contributed by atoms with Gasteiger partial charge in [-0.05, 0) is 67.3 Å². The Morgan fingerprint density at radius 3 is 2.47 bits per heavy atom. The molecule has 5 heteroatoms. The third-order valence-electron chi connectivity index (χ3n) is 6.68. The minimum Gasteiger partial charge on any atom is -0.461 e. The van der Waals surface area contributed by atoms with Gasteiger partial charge in [0.1, 0.15) is 11.5 Å². The van der Waals surface area contributed by atoms with Crippen LogP contribution in [0.4, 0.5) is 5.69 Å². The first-order valence-electron chi connectivity index (χ1n) is 11.5. The summed E-state index contributed by atoms with van der Waals surface area (Å²) in [6.45, 7) is 3.47. The standard InChI is InChI=1S/C27H28N2O3/c1-2-18-6-8-20(9-7-18)26(30)28-23-12-10-19(11-13-23)25-16-22-17-29(15-14-24(22)32-25)27(31)21-4-3-5-21/h6-13,16,21H,2-5,14-15,17H2,1H3,(H,28,30). The smallest absolute Gasteiger partial charge is 0.255 e. The van der Waals surface area contributed by atoms with Gasteiger partial charge < -0.3 is 14.6 Å². The van der Waals surface area contributed by atoms with Gasteiger partial charge >= 0.3 is 0 Å². The van der Waals surface area contributed by atoms with Crippen LogP contribution in [0.5, 0.6) is 0 Å². The molecule has 1 saturated carbocycles. The maximum atomic E-state index is 12.6. The van der Waals surface area contributed by atoms with Crippen LogP contribution < -0.4 is 5.32 Å². The van der Waals surface area contributed by atoms with Crippen molar-refractivity contribution in [3.8, 4) is 11.3 Å². The Morgan fingerprint density at radius 2 is 1.81 bits per heavy atom. The number of carbonyl (C=O) groups excluding carboxylic acids is 2. The monoisotopic (exact) mass is 428 g/mol. The number of carbonyl (C=O) groups is 2. The number of aryl methyl sites for hydroxylation is 1. The van der Waals surface area contributed by atoms with Crippen molar-refractivity contribution in [2.24, 2.45) is 5.92 Å². The van der Waals surface area contributed by atoms with Crippen LogP contribution in [-0.4, -0.2) is 23.3 Å². The van der Waals surface area contributed by atoms with Crippen molar-refractivity contribution in [2.75, 3.05) is 11.9 Å². The molecule has 2 amide bonds. The van der Waals surface area contributed by atoms with Crippen molar-refractivity contribution in [3.63, 3.8) is 0 Å². The molecule has 3 aromatic rings. The Labute approximate surface area is 188 Å². The summed E-state index contributed by atoms with van der Waals surface area (Å²) in [6.07, 6.45) is 4.96. The number of hydrogen-bond donors (Lipinski definition) is 1. The summed E-state index contributed by atoms with van der Waals surface area (Å²) in [5, 5.41) is 2.95. The van der Waals surface area contributed by atoms with Crippen LogP contribution in [0.25, 0.3) is 11.3 Å². The third kappa shape index (κ3) is 4.07. The van der Waals surface area contributed by atoms with E-state index < -0.39 is 0 Å². The van der Waals surface area contributed by atoms with Gasteiger partial charge in [-0.1, -0.05) is 25.5 Å². The van der Waals surface area contributed by atoms with Gasteiger partial charge in [-0.25, -0.2) is 0 Å². The predicted molar refractivity (Wildman–Crippen MR) is 124 cm³/mol. The molecule has 32 heavy (non-hydrogen) atoms. The maximum absolute atomic E-state index is 12.6. The molecule has 164 valence electrons. The maximum Gasteiger partial charge on any atom is 0.255 e. The fourth-order valence-electron chi connectivity index (χ4n) is 4.39. The number of furan rings is 1. The Bertz CT molecular complexity index is 1120. The van der Waals surface area contributed by atoms with E-state index in [4.69, 9.17) is 4.42 Å². The SMILES string of the molecule is CCc1ccc(C(=O)Nc2ccc(-c3cc4c(o3)CCN(C(=O)C3CCC3)C4)cc2)cc1. The Balaban J connectivity index is 1.25. The number of nitrogens with one attached hydrogen (secondary N) is 1. The minimum absolute atomic E-state index is 0.120. The average molecular weight is 429 g/mol. The van der Waals surface area contributed by atoms with E-state index in [2.05, 4.69) is 18.3 Å². The van der Waals surface area contributed by atoms with Crippen LogP contribution in [0, 0.1) is 5.92 Å². The first-order valence-corrected chi connectivity index (χ1v) is 11.5. The second-order valence-electron chi connectivity index (χ2n) is 8.78. The second kappa shape index (κ2) is 8.65. The third-order valence-corrected chi connectivity index (χ3v) is 6.68. The zero-order valence-corrected chi connectivity index (χ0v) is 18.4. The van der Waals surface area contributed by atoms with E-state index in [0.29, 0.717) is 18.0 Å². The predicted octanol–water partition coefficient (Wildman–Crippen LogP) is 5.45. The number of nitrogens with zero attached hydrogens (tertiary/aromatic N) is 1. The summed E-state index contributed by atoms with van der Waals surface area (Å²) in [5.74, 6) is 2.20. The lowest BCUT2D eigenvalue weighted by Crippen LogP contribution is -2.41. The van der Waals surface area contributed by atoms with Crippen molar-refractivity contribution in [2.45, 2.75) is 45.6 Å². The normalized spacial score (nSPS) is 15.7. The average Bonchev–Trinajstić information content (AvgIpc) is 3.22. The summed E-state index contributed by atoms with van der Waals surface area (Å²) in [7, 11) is 0. The van der Waals surface area contributed by atoms with Crippen molar-refractivity contribution < 1.29 is 14.0 Å². The lowest BCUT2D eigenvalue weighted by atomic mass is 9.84. The van der Waals surface area contributed by atoms with Crippen molar-refractivity contribution in [3.05, 3.63) is 77.0 Å². The molecule has 1 fully saturated rings. The molecule has 2 heterocycles. The fraction of sp³-hybridized carbons (Fsp3) is 0.333. The molecule has 5 nitrogen and oxygen atoms in total. The van der Waals surface area contributed by atoms with Crippen molar-refractivity contribution >= 4 is 17.5 Å². The molecule has 2 aliphatic rings. The Morgan fingerprint density at radius 1 is 1.06 bits per heavy atom. The molecule has 1 N–H and O–H groups in total. The van der Waals surface area contributed by atoms with Crippen LogP contribution in [0.15, 0.2) is 59.0 Å². The first kappa shape index (κ1) is 20.6. The summed E-state index contributed by atoms with van der Waals surface area (Å²) >= 11 is 0. The van der Waals surface area contributed by atoms with Gasteiger partial charge in [0.15, 0.2) is 0 Å². The van der Waals surface area contributed by atoms with Gasteiger partial charge in [0.05, 0.1) is 0 Å². The van der Waals surface area contributed by atoms with Crippen molar-refractivity contribution in [1.82, 2.24) is 4.90 Å². The Hall–Kier alpha value is -3.34. The van der Waals surface area contributed by atoms with Gasteiger partial charge in [0.2, 0.25) is 5.91 Å². The molecule has 1 aromatic heterocycles. The van der Waals surface area contributed by atoms with Gasteiger partial charge in [-0.15, -0.1) is 0 Å². The van der Waals surface area contributed by atoms with Gasteiger partial charge in [-0.3, -0.25) is 9.59 Å². The summed E-state index contributed by atoms with van der Waals surface area (Å²) in [6, 6.07) is 17.4. The molecule has 0 atom stereocenters. The second-order valence-corrected chi connectivity index (χ2v) is 8.78. The van der Waals surface area contributed by atoms with E-state index in [0.717, 1.165) is 60.6 Å². The molecule has 0 radical (unpaired) electrons. The zero-order chi connectivity index (χ0) is 22.1. The van der Waals surface area contributed by atoms with Crippen LogP contribution >= 0.6 is 0 Å². The largest absolute Gasteiger partial charge is 0.461 e. The quantitative estimate of drug-likeness (QED) is 0.588. The highest BCUT2D eigenvalue weighted by atomic mass is 16.3. The highest BCUT2D eigenvalue weighted by Crippen LogP contribution is 2.33. The minimum atomic E-state index is -0.120. The Kier molecular flexibility index (Phi) is 5.56. The molecule has 1 aliphatic carbocycles.